The number of ether oxygens (including phenoxy) is 3. The van der Waals surface area contributed by atoms with E-state index in [9.17, 15) is 14.4 Å². The molecule has 0 fully saturated rings. The molecule has 0 radical (unpaired) electrons. The molecule has 0 rings (SSSR count). The van der Waals surface area contributed by atoms with Gasteiger partial charge in [0.15, 0.2) is 6.10 Å². The lowest BCUT2D eigenvalue weighted by atomic mass is 10.1. The molecule has 406 valence electrons. The summed E-state index contributed by atoms with van der Waals surface area (Å²) in [6, 6.07) is 0. The van der Waals surface area contributed by atoms with Gasteiger partial charge in [0.1, 0.15) is 13.2 Å². The molecule has 1 atom stereocenters. The van der Waals surface area contributed by atoms with E-state index in [0.717, 1.165) is 135 Å². The van der Waals surface area contributed by atoms with Crippen LogP contribution in [0.25, 0.3) is 0 Å². The summed E-state index contributed by atoms with van der Waals surface area (Å²) in [5.41, 5.74) is 0. The zero-order chi connectivity index (χ0) is 51.4. The average molecular weight is 988 g/mol. The molecule has 0 aliphatic heterocycles. The van der Waals surface area contributed by atoms with Gasteiger partial charge in [-0.3, -0.25) is 14.4 Å². The lowest BCUT2D eigenvalue weighted by Crippen LogP contribution is -2.30. The molecule has 0 aliphatic rings. The smallest absolute Gasteiger partial charge is 0.306 e. The Labute approximate surface area is 438 Å². The van der Waals surface area contributed by atoms with Gasteiger partial charge in [-0.1, -0.05) is 253 Å². The molecule has 1 unspecified atom stereocenters. The van der Waals surface area contributed by atoms with E-state index in [0.29, 0.717) is 19.3 Å². The predicted octanol–water partition coefficient (Wildman–Crippen LogP) is 20.1. The van der Waals surface area contributed by atoms with E-state index in [-0.39, 0.29) is 31.1 Å². The van der Waals surface area contributed by atoms with E-state index in [1.807, 2.05) is 0 Å². The van der Waals surface area contributed by atoms with Gasteiger partial charge in [0.25, 0.3) is 0 Å². The van der Waals surface area contributed by atoms with Crippen molar-refractivity contribution in [2.45, 2.75) is 284 Å². The summed E-state index contributed by atoms with van der Waals surface area (Å²) >= 11 is 0. The maximum atomic E-state index is 12.8. The zero-order valence-corrected chi connectivity index (χ0v) is 46.5. The third-order valence-corrected chi connectivity index (χ3v) is 12.6. The largest absolute Gasteiger partial charge is 0.462 e. The van der Waals surface area contributed by atoms with Gasteiger partial charge >= 0.3 is 17.9 Å². The summed E-state index contributed by atoms with van der Waals surface area (Å²) in [5.74, 6) is -0.910. The average Bonchev–Trinajstić information content (AvgIpc) is 3.37. The quantitative estimate of drug-likeness (QED) is 0.0261. The Hall–Kier alpha value is -3.67. The molecule has 0 aliphatic carbocycles. The van der Waals surface area contributed by atoms with Crippen LogP contribution in [0, 0.1) is 0 Å². The number of rotatable bonds is 53. The van der Waals surface area contributed by atoms with Crippen molar-refractivity contribution in [3.63, 3.8) is 0 Å². The van der Waals surface area contributed by atoms with Crippen LogP contribution < -0.4 is 0 Å². The Bertz CT molecular complexity index is 1410. The van der Waals surface area contributed by atoms with Gasteiger partial charge < -0.3 is 14.2 Å². The lowest BCUT2D eigenvalue weighted by molar-refractivity contribution is -0.167. The monoisotopic (exact) mass is 987 g/mol. The minimum Gasteiger partial charge on any atom is -0.462 e. The van der Waals surface area contributed by atoms with E-state index >= 15 is 0 Å². The van der Waals surface area contributed by atoms with Crippen LogP contribution in [-0.4, -0.2) is 37.2 Å². The van der Waals surface area contributed by atoms with Gasteiger partial charge in [0.05, 0.1) is 0 Å². The van der Waals surface area contributed by atoms with Crippen LogP contribution in [0.3, 0.4) is 0 Å². The minimum absolute atomic E-state index is 0.0852. The maximum Gasteiger partial charge on any atom is 0.306 e. The first kappa shape index (κ1) is 67.3. The molecular formula is C65H110O6. The number of unbranched alkanes of at least 4 members (excludes halogenated alkanes) is 26. The molecule has 0 saturated heterocycles. The van der Waals surface area contributed by atoms with E-state index in [1.165, 1.54) is 103 Å². The van der Waals surface area contributed by atoms with Gasteiger partial charge in [-0.25, -0.2) is 0 Å². The molecule has 0 heterocycles. The molecule has 0 aromatic carbocycles. The second-order valence-electron chi connectivity index (χ2n) is 19.5. The Morgan fingerprint density at radius 3 is 0.873 bits per heavy atom. The van der Waals surface area contributed by atoms with Crippen LogP contribution in [0.1, 0.15) is 278 Å². The van der Waals surface area contributed by atoms with Crippen LogP contribution in [-0.2, 0) is 28.6 Å². The lowest BCUT2D eigenvalue weighted by Gasteiger charge is -2.18. The number of hydrogen-bond donors (Lipinski definition) is 0. The third-order valence-electron chi connectivity index (χ3n) is 12.6. The molecule has 0 N–H and O–H groups in total. The summed E-state index contributed by atoms with van der Waals surface area (Å²) in [4.78, 5) is 38.1. The summed E-state index contributed by atoms with van der Waals surface area (Å²) in [6.07, 6.45) is 78.3. The third kappa shape index (κ3) is 57.1. The second kappa shape index (κ2) is 58.9. The fourth-order valence-electron chi connectivity index (χ4n) is 8.12. The van der Waals surface area contributed by atoms with Crippen molar-refractivity contribution in [2.75, 3.05) is 13.2 Å². The second-order valence-corrected chi connectivity index (χ2v) is 19.5. The molecule has 0 spiro atoms. The highest BCUT2D eigenvalue weighted by Crippen LogP contribution is 2.15. The van der Waals surface area contributed by atoms with Crippen molar-refractivity contribution in [3.05, 3.63) is 97.2 Å². The van der Waals surface area contributed by atoms with E-state index in [4.69, 9.17) is 14.2 Å². The highest BCUT2D eigenvalue weighted by molar-refractivity contribution is 5.71. The van der Waals surface area contributed by atoms with Crippen LogP contribution in [0.15, 0.2) is 97.2 Å². The Morgan fingerprint density at radius 1 is 0.296 bits per heavy atom. The summed E-state index contributed by atoms with van der Waals surface area (Å²) < 4.78 is 16.8. The van der Waals surface area contributed by atoms with Crippen LogP contribution in [0.4, 0.5) is 0 Å². The first-order valence-electron chi connectivity index (χ1n) is 29.7. The topological polar surface area (TPSA) is 78.9 Å². The number of hydrogen-bond acceptors (Lipinski definition) is 6. The molecule has 0 saturated carbocycles. The number of carbonyl (C=O) groups is 3. The van der Waals surface area contributed by atoms with Gasteiger partial charge in [-0.05, 0) is 103 Å². The van der Waals surface area contributed by atoms with Gasteiger partial charge in [-0.2, -0.15) is 0 Å². The molecule has 71 heavy (non-hydrogen) atoms. The van der Waals surface area contributed by atoms with E-state index in [2.05, 4.69) is 118 Å². The molecular weight excluding hydrogens is 877 g/mol. The minimum atomic E-state index is -0.789. The Kier molecular flexibility index (Phi) is 55.9. The van der Waals surface area contributed by atoms with Crippen molar-refractivity contribution in [3.8, 4) is 0 Å². The van der Waals surface area contributed by atoms with E-state index < -0.39 is 6.10 Å². The molecule has 0 bridgehead atoms. The first-order chi connectivity index (χ1) is 35.0. The molecule has 6 nitrogen and oxygen atoms in total. The maximum absolute atomic E-state index is 12.8. The highest BCUT2D eigenvalue weighted by atomic mass is 16.6. The predicted molar refractivity (Wildman–Crippen MR) is 307 cm³/mol. The Morgan fingerprint density at radius 2 is 0.549 bits per heavy atom. The number of carbonyl (C=O) groups excluding carboxylic acids is 3. The molecule has 0 amide bonds. The van der Waals surface area contributed by atoms with Crippen molar-refractivity contribution in [2.24, 2.45) is 0 Å². The van der Waals surface area contributed by atoms with Gasteiger partial charge in [-0.15, -0.1) is 0 Å². The van der Waals surface area contributed by atoms with Crippen molar-refractivity contribution >= 4 is 17.9 Å². The Balaban J connectivity index is 4.34. The van der Waals surface area contributed by atoms with E-state index in [1.54, 1.807) is 0 Å². The molecule has 0 aromatic rings. The standard InChI is InChI=1S/C65H110O6/c1-4-7-10-13-16-19-22-24-26-27-28-29-30-31-32-33-34-35-36-37-39-40-43-46-49-52-55-58-64(67)70-61-62(60-69-63(66)57-54-51-48-45-42-21-18-15-12-9-6-3)71-65(68)59-56-53-50-47-44-41-38-25-23-20-17-14-11-8-5-2/h7,10,16,19,24-26,28-29,31-32,34-35,37-39,62H,4-6,8-9,11-15,17-18,20-23,27,30,33,36,40-61H2,1-3H3/b10-7-,19-16-,26-24-,29-28-,32-31-,35-34-,38-25-,39-37-. The fraction of sp³-hybridized carbons (Fsp3) is 0.708. The SMILES string of the molecule is CC/C=C\C/C=C\C/C=C\C/C=C\C/C=C\C/C=C\C/C=C\CCCCCCCC(=O)OCC(COC(=O)CCCCCCCCCCCCC)OC(=O)CCCCCCC/C=C\CCCCCCCC. The molecule has 6 heteroatoms. The summed E-state index contributed by atoms with van der Waals surface area (Å²) in [7, 11) is 0. The fourth-order valence-corrected chi connectivity index (χ4v) is 8.12. The summed E-state index contributed by atoms with van der Waals surface area (Å²) in [5, 5.41) is 0. The van der Waals surface area contributed by atoms with Gasteiger partial charge in [0, 0.05) is 19.3 Å². The van der Waals surface area contributed by atoms with Crippen LogP contribution >= 0.6 is 0 Å². The zero-order valence-electron chi connectivity index (χ0n) is 46.5. The molecule has 0 aromatic heterocycles. The van der Waals surface area contributed by atoms with Crippen LogP contribution in [0.5, 0.6) is 0 Å². The van der Waals surface area contributed by atoms with Gasteiger partial charge in [0.2, 0.25) is 0 Å². The normalized spacial score (nSPS) is 12.8. The highest BCUT2D eigenvalue weighted by Gasteiger charge is 2.19. The number of allylic oxidation sites excluding steroid dienone is 16. The van der Waals surface area contributed by atoms with Crippen molar-refractivity contribution in [1.29, 1.82) is 0 Å². The first-order valence-corrected chi connectivity index (χ1v) is 29.7. The van der Waals surface area contributed by atoms with Crippen molar-refractivity contribution in [1.82, 2.24) is 0 Å². The van der Waals surface area contributed by atoms with Crippen molar-refractivity contribution < 1.29 is 28.6 Å². The van der Waals surface area contributed by atoms with Crippen LogP contribution in [0.2, 0.25) is 0 Å². The summed E-state index contributed by atoms with van der Waals surface area (Å²) in [6.45, 7) is 6.50. The number of esters is 3.